The van der Waals surface area contributed by atoms with E-state index in [1.807, 2.05) is 11.8 Å². The summed E-state index contributed by atoms with van der Waals surface area (Å²) in [4.78, 5) is 11.0. The van der Waals surface area contributed by atoms with Gasteiger partial charge in [0.2, 0.25) is 0 Å². The summed E-state index contributed by atoms with van der Waals surface area (Å²) in [6.07, 6.45) is 8.02. The second-order valence-electron chi connectivity index (χ2n) is 6.07. The average Bonchev–Trinajstić information content (AvgIpc) is 2.31. The topological polar surface area (TPSA) is 49.3 Å². The van der Waals surface area contributed by atoms with E-state index in [-0.39, 0.29) is 0 Å². The summed E-state index contributed by atoms with van der Waals surface area (Å²) in [6.45, 7) is 4.41. The van der Waals surface area contributed by atoms with Gasteiger partial charge in [-0.3, -0.25) is 4.79 Å². The normalized spacial score (nSPS) is 25.1. The minimum atomic E-state index is -0.701. The molecule has 0 spiro atoms. The van der Waals surface area contributed by atoms with Crippen LogP contribution in [-0.4, -0.2) is 35.7 Å². The minimum Gasteiger partial charge on any atom is -0.481 e. The van der Waals surface area contributed by atoms with E-state index >= 15 is 0 Å². The second-order valence-corrected chi connectivity index (χ2v) is 6.98. The largest absolute Gasteiger partial charge is 0.481 e. The number of rotatable bonds is 7. The molecule has 1 saturated carbocycles. The van der Waals surface area contributed by atoms with Gasteiger partial charge in [-0.2, -0.15) is 11.8 Å². The van der Waals surface area contributed by atoms with Gasteiger partial charge in [-0.05, 0) is 70.4 Å². The molecule has 0 bridgehead atoms. The Kier molecular flexibility index (Phi) is 6.50. The first kappa shape index (κ1) is 15.8. The smallest absolute Gasteiger partial charge is 0.309 e. The van der Waals surface area contributed by atoms with Crippen LogP contribution in [0.2, 0.25) is 0 Å². The molecule has 18 heavy (non-hydrogen) atoms. The lowest BCUT2D eigenvalue weighted by atomic mass is 9.86. The molecule has 1 aliphatic carbocycles. The van der Waals surface area contributed by atoms with Crippen molar-refractivity contribution in [2.45, 2.75) is 52.0 Å². The fraction of sp³-hybridized carbons (Fsp3) is 0.929. The predicted molar refractivity (Wildman–Crippen MR) is 78.2 cm³/mol. The number of hydrogen-bond donors (Lipinski definition) is 2. The van der Waals surface area contributed by atoms with Crippen molar-refractivity contribution in [1.82, 2.24) is 5.32 Å². The standard InChI is InChI=1S/C14H27NO2S/c1-14(2,13(16)17)8-9-15-12-6-4-11(5-7-12)10-18-3/h11-12,15H,4-10H2,1-3H3,(H,16,17). The van der Waals surface area contributed by atoms with Gasteiger partial charge in [-0.1, -0.05) is 0 Å². The number of carboxylic acid groups (broad SMARTS) is 1. The van der Waals surface area contributed by atoms with Crippen LogP contribution in [0.3, 0.4) is 0 Å². The maximum Gasteiger partial charge on any atom is 0.309 e. The van der Waals surface area contributed by atoms with Crippen molar-refractivity contribution < 1.29 is 9.90 Å². The quantitative estimate of drug-likeness (QED) is 0.748. The number of thioether (sulfide) groups is 1. The Labute approximate surface area is 115 Å². The third-order valence-electron chi connectivity index (χ3n) is 4.01. The van der Waals surface area contributed by atoms with E-state index in [0.29, 0.717) is 12.5 Å². The zero-order valence-electron chi connectivity index (χ0n) is 11.9. The van der Waals surface area contributed by atoms with Crippen LogP contribution in [0.5, 0.6) is 0 Å². The fourth-order valence-corrected chi connectivity index (χ4v) is 3.27. The third kappa shape index (κ3) is 5.19. The molecule has 0 radical (unpaired) electrons. The molecule has 3 nitrogen and oxygen atoms in total. The molecule has 0 aliphatic heterocycles. The molecule has 1 aliphatic rings. The molecule has 106 valence electrons. The number of hydrogen-bond acceptors (Lipinski definition) is 3. The third-order valence-corrected chi connectivity index (χ3v) is 4.82. The van der Waals surface area contributed by atoms with Crippen molar-refractivity contribution in [3.63, 3.8) is 0 Å². The molecule has 0 unspecified atom stereocenters. The first-order valence-corrected chi connectivity index (χ1v) is 8.31. The Hall–Kier alpha value is -0.220. The molecule has 0 saturated heterocycles. The highest BCUT2D eigenvalue weighted by molar-refractivity contribution is 7.98. The summed E-state index contributed by atoms with van der Waals surface area (Å²) < 4.78 is 0. The summed E-state index contributed by atoms with van der Waals surface area (Å²) >= 11 is 1.95. The fourth-order valence-electron chi connectivity index (χ4n) is 2.46. The number of carboxylic acids is 1. The van der Waals surface area contributed by atoms with E-state index in [9.17, 15) is 4.79 Å². The molecule has 1 rings (SSSR count). The molecular formula is C14H27NO2S. The van der Waals surface area contributed by atoms with Crippen LogP contribution < -0.4 is 5.32 Å². The Morgan fingerprint density at radius 2 is 1.94 bits per heavy atom. The molecule has 0 aromatic rings. The van der Waals surface area contributed by atoms with Crippen molar-refractivity contribution >= 4 is 17.7 Å². The van der Waals surface area contributed by atoms with Gasteiger partial charge in [0.25, 0.3) is 0 Å². The minimum absolute atomic E-state index is 0.604. The lowest BCUT2D eigenvalue weighted by molar-refractivity contribution is -0.147. The molecule has 0 atom stereocenters. The van der Waals surface area contributed by atoms with E-state index in [0.717, 1.165) is 12.5 Å². The summed E-state index contributed by atoms with van der Waals surface area (Å²) in [5.74, 6) is 1.49. The first-order chi connectivity index (χ1) is 8.45. The van der Waals surface area contributed by atoms with Crippen LogP contribution in [0.4, 0.5) is 0 Å². The molecule has 0 amide bonds. The number of nitrogens with one attached hydrogen (secondary N) is 1. The van der Waals surface area contributed by atoms with Gasteiger partial charge in [0.1, 0.15) is 0 Å². The highest BCUT2D eigenvalue weighted by Gasteiger charge is 2.27. The van der Waals surface area contributed by atoms with Crippen molar-refractivity contribution in [2.75, 3.05) is 18.6 Å². The van der Waals surface area contributed by atoms with Crippen molar-refractivity contribution in [3.05, 3.63) is 0 Å². The van der Waals surface area contributed by atoms with Crippen LogP contribution >= 0.6 is 11.8 Å². The summed E-state index contributed by atoms with van der Waals surface area (Å²) in [5, 5.41) is 12.6. The van der Waals surface area contributed by atoms with Crippen molar-refractivity contribution in [3.8, 4) is 0 Å². The Balaban J connectivity index is 2.16. The van der Waals surface area contributed by atoms with Gasteiger partial charge in [0, 0.05) is 6.04 Å². The van der Waals surface area contributed by atoms with Gasteiger partial charge in [-0.25, -0.2) is 0 Å². The number of aliphatic carboxylic acids is 1. The Bertz CT molecular complexity index is 261. The maximum absolute atomic E-state index is 11.0. The van der Waals surface area contributed by atoms with E-state index in [1.165, 1.54) is 31.4 Å². The van der Waals surface area contributed by atoms with E-state index in [1.54, 1.807) is 13.8 Å². The lowest BCUT2D eigenvalue weighted by Crippen LogP contribution is -2.37. The van der Waals surface area contributed by atoms with E-state index in [2.05, 4.69) is 11.6 Å². The van der Waals surface area contributed by atoms with E-state index < -0.39 is 11.4 Å². The Morgan fingerprint density at radius 1 is 1.33 bits per heavy atom. The van der Waals surface area contributed by atoms with Gasteiger partial charge >= 0.3 is 5.97 Å². The van der Waals surface area contributed by atoms with E-state index in [4.69, 9.17) is 5.11 Å². The molecule has 2 N–H and O–H groups in total. The molecule has 4 heteroatoms. The molecule has 0 heterocycles. The predicted octanol–water partition coefficient (Wildman–Crippen LogP) is 3.00. The highest BCUT2D eigenvalue weighted by atomic mass is 32.2. The monoisotopic (exact) mass is 273 g/mol. The van der Waals surface area contributed by atoms with Crippen LogP contribution in [0, 0.1) is 11.3 Å². The molecule has 0 aromatic carbocycles. The van der Waals surface area contributed by atoms with Crippen LogP contribution in [0.1, 0.15) is 46.0 Å². The summed E-state index contributed by atoms with van der Waals surface area (Å²) in [6, 6.07) is 0.604. The van der Waals surface area contributed by atoms with Gasteiger partial charge < -0.3 is 10.4 Å². The zero-order valence-corrected chi connectivity index (χ0v) is 12.7. The molecular weight excluding hydrogens is 246 g/mol. The maximum atomic E-state index is 11.0. The zero-order chi connectivity index (χ0) is 13.6. The second kappa shape index (κ2) is 7.39. The number of carbonyl (C=O) groups is 1. The van der Waals surface area contributed by atoms with Gasteiger partial charge in [0.15, 0.2) is 0 Å². The Morgan fingerprint density at radius 3 is 2.44 bits per heavy atom. The summed E-state index contributed by atoms with van der Waals surface area (Å²) in [7, 11) is 0. The molecule has 1 fully saturated rings. The summed E-state index contributed by atoms with van der Waals surface area (Å²) in [5.41, 5.74) is -0.608. The molecule has 0 aromatic heterocycles. The van der Waals surface area contributed by atoms with Crippen LogP contribution in [0.15, 0.2) is 0 Å². The lowest BCUT2D eigenvalue weighted by Gasteiger charge is -2.29. The highest BCUT2D eigenvalue weighted by Crippen LogP contribution is 2.27. The van der Waals surface area contributed by atoms with Gasteiger partial charge in [0.05, 0.1) is 5.41 Å². The van der Waals surface area contributed by atoms with Gasteiger partial charge in [-0.15, -0.1) is 0 Å². The van der Waals surface area contributed by atoms with Crippen molar-refractivity contribution in [2.24, 2.45) is 11.3 Å². The SMILES string of the molecule is CSCC1CCC(NCCC(C)(C)C(=O)O)CC1. The van der Waals surface area contributed by atoms with Crippen LogP contribution in [0.25, 0.3) is 0 Å². The average molecular weight is 273 g/mol. The van der Waals surface area contributed by atoms with Crippen LogP contribution in [-0.2, 0) is 4.79 Å². The first-order valence-electron chi connectivity index (χ1n) is 6.91. The van der Waals surface area contributed by atoms with Crippen molar-refractivity contribution in [1.29, 1.82) is 0 Å².